The van der Waals surface area contributed by atoms with Gasteiger partial charge in [-0.2, -0.15) is 0 Å². The molecule has 2 unspecified atom stereocenters. The lowest BCUT2D eigenvalue weighted by molar-refractivity contribution is -0.131. The molecule has 0 bridgehead atoms. The number of halogens is 4. The molecular formula is C11H15Cl4NOS. The summed E-state index contributed by atoms with van der Waals surface area (Å²) in [6.07, 6.45) is 5.78. The van der Waals surface area contributed by atoms with E-state index in [0.29, 0.717) is 5.92 Å². The molecule has 7 heteroatoms. The summed E-state index contributed by atoms with van der Waals surface area (Å²) in [5.41, 5.74) is 0. The topological polar surface area (TPSA) is 20.3 Å². The molecule has 1 amide bonds. The van der Waals surface area contributed by atoms with Crippen LogP contribution in [0.1, 0.15) is 19.8 Å². The number of carbonyl (C=O) groups excluding carboxylic acids is 1. The van der Waals surface area contributed by atoms with Gasteiger partial charge in [-0.05, 0) is 30.7 Å². The molecule has 0 saturated heterocycles. The van der Waals surface area contributed by atoms with E-state index in [-0.39, 0.29) is 11.8 Å². The molecule has 2 nitrogen and oxygen atoms in total. The first-order valence-corrected chi connectivity index (χ1v) is 7.93. The molecule has 0 aromatic heterocycles. The van der Waals surface area contributed by atoms with Crippen molar-refractivity contribution in [2.24, 2.45) is 11.8 Å². The zero-order valence-corrected chi connectivity index (χ0v) is 13.9. The molecule has 1 aliphatic carbocycles. The van der Waals surface area contributed by atoms with Crippen molar-refractivity contribution in [3.63, 3.8) is 0 Å². The Balaban J connectivity index is 2.64. The monoisotopic (exact) mass is 349 g/mol. The van der Waals surface area contributed by atoms with Crippen LogP contribution < -0.4 is 0 Å². The predicted octanol–water partition coefficient (Wildman–Crippen LogP) is 4.63. The molecular weight excluding hydrogens is 336 g/mol. The predicted molar refractivity (Wildman–Crippen MR) is 81.3 cm³/mol. The number of amides is 1. The number of rotatable bonds is 4. The fourth-order valence-corrected chi connectivity index (χ4v) is 3.33. The van der Waals surface area contributed by atoms with Gasteiger partial charge in [-0.1, -0.05) is 42.3 Å². The Morgan fingerprint density at radius 1 is 1.39 bits per heavy atom. The molecule has 0 heterocycles. The second-order valence-electron chi connectivity index (χ2n) is 4.32. The summed E-state index contributed by atoms with van der Waals surface area (Å²) in [5, 5.41) is 0. The van der Waals surface area contributed by atoms with E-state index < -0.39 is 8.50 Å². The molecule has 0 aromatic carbocycles. The van der Waals surface area contributed by atoms with Crippen molar-refractivity contribution in [3.8, 4) is 0 Å². The lowest BCUT2D eigenvalue weighted by atomic mass is 9.84. The Morgan fingerprint density at radius 3 is 2.44 bits per heavy atom. The van der Waals surface area contributed by atoms with Crippen molar-refractivity contribution in [1.29, 1.82) is 0 Å². The van der Waals surface area contributed by atoms with Gasteiger partial charge in [0.25, 0.3) is 0 Å². The maximum Gasteiger partial charge on any atom is 0.235 e. The number of carbonyl (C=O) groups is 1. The molecule has 0 spiro atoms. The smallest absolute Gasteiger partial charge is 0.235 e. The molecule has 2 atom stereocenters. The van der Waals surface area contributed by atoms with Crippen molar-refractivity contribution in [2.45, 2.75) is 28.3 Å². The van der Waals surface area contributed by atoms with Crippen molar-refractivity contribution < 1.29 is 4.79 Å². The molecule has 0 saturated carbocycles. The highest BCUT2D eigenvalue weighted by atomic mass is 35.5. The Morgan fingerprint density at radius 2 is 1.94 bits per heavy atom. The third kappa shape index (κ3) is 4.38. The summed E-state index contributed by atoms with van der Waals surface area (Å²) in [6.45, 7) is 2.06. The Labute approximate surface area is 132 Å². The minimum Gasteiger partial charge on any atom is -0.287 e. The van der Waals surface area contributed by atoms with E-state index in [0.717, 1.165) is 24.8 Å². The fraction of sp³-hybridized carbons (Fsp3) is 0.727. The number of allylic oxidation sites excluding steroid dienone is 2. The minimum absolute atomic E-state index is 0.00323. The van der Waals surface area contributed by atoms with E-state index in [1.807, 2.05) is 6.08 Å². The van der Waals surface area contributed by atoms with Crippen LogP contribution >= 0.6 is 58.4 Å². The second-order valence-corrected chi connectivity index (χ2v) is 8.62. The molecule has 0 aliphatic heterocycles. The first-order valence-electron chi connectivity index (χ1n) is 5.53. The largest absolute Gasteiger partial charge is 0.287 e. The highest BCUT2D eigenvalue weighted by Crippen LogP contribution is 2.44. The summed E-state index contributed by atoms with van der Waals surface area (Å²) >= 11 is 24.2. The summed E-state index contributed by atoms with van der Waals surface area (Å²) in [4.78, 5) is 11.3. The van der Waals surface area contributed by atoms with Gasteiger partial charge in [0.05, 0.1) is 0 Å². The normalized spacial score (nSPS) is 24.4. The molecule has 18 heavy (non-hydrogen) atoms. The molecule has 1 aliphatic rings. The Bertz CT molecular complexity index is 335. The minimum atomic E-state index is -1.43. The quantitative estimate of drug-likeness (QED) is 0.418. The van der Waals surface area contributed by atoms with Crippen LogP contribution in [0.5, 0.6) is 0 Å². The van der Waals surface area contributed by atoms with E-state index in [1.165, 1.54) is 4.31 Å². The molecule has 0 radical (unpaired) electrons. The van der Waals surface area contributed by atoms with Crippen LogP contribution in [0, 0.1) is 11.8 Å². The van der Waals surface area contributed by atoms with E-state index >= 15 is 0 Å². The molecule has 0 fully saturated rings. The van der Waals surface area contributed by atoms with E-state index in [2.05, 4.69) is 13.0 Å². The summed E-state index contributed by atoms with van der Waals surface area (Å²) in [6, 6.07) is 0. The maximum atomic E-state index is 12.3. The van der Waals surface area contributed by atoms with Gasteiger partial charge < -0.3 is 0 Å². The van der Waals surface area contributed by atoms with E-state index in [4.69, 9.17) is 46.4 Å². The Hall–Kier alpha value is 0.720. The first-order chi connectivity index (χ1) is 8.25. The maximum absolute atomic E-state index is 12.3. The van der Waals surface area contributed by atoms with Crippen molar-refractivity contribution >= 4 is 64.3 Å². The van der Waals surface area contributed by atoms with Crippen LogP contribution in [-0.4, -0.2) is 25.8 Å². The molecule has 1 rings (SSSR count). The third-order valence-corrected chi connectivity index (χ3v) is 6.04. The van der Waals surface area contributed by atoms with Crippen LogP contribution in [0.15, 0.2) is 12.2 Å². The first kappa shape index (κ1) is 16.8. The van der Waals surface area contributed by atoms with Crippen LogP contribution in [0.4, 0.5) is 0 Å². The van der Waals surface area contributed by atoms with Gasteiger partial charge in [0.2, 0.25) is 9.57 Å². The average molecular weight is 351 g/mol. The van der Waals surface area contributed by atoms with Crippen LogP contribution in [0.3, 0.4) is 0 Å². The summed E-state index contributed by atoms with van der Waals surface area (Å²) in [5.74, 6) is 0.269. The number of alkyl halides is 4. The van der Waals surface area contributed by atoms with Gasteiger partial charge in [-0.3, -0.25) is 9.10 Å². The number of hydrogen-bond acceptors (Lipinski definition) is 2. The van der Waals surface area contributed by atoms with Crippen LogP contribution in [0.25, 0.3) is 0 Å². The van der Waals surface area contributed by atoms with Crippen LogP contribution in [0.2, 0.25) is 0 Å². The summed E-state index contributed by atoms with van der Waals surface area (Å²) in [7, 11) is 1.63. The summed E-state index contributed by atoms with van der Waals surface area (Å²) < 4.78 is -0.000643. The molecule has 0 aromatic rings. The van der Waals surface area contributed by atoms with Crippen LogP contribution in [-0.2, 0) is 4.79 Å². The highest BCUT2D eigenvalue weighted by molar-refractivity contribution is 8.01. The Kier molecular flexibility index (Phi) is 6.47. The average Bonchev–Trinajstić information content (AvgIpc) is 2.28. The van der Waals surface area contributed by atoms with Gasteiger partial charge in [0.15, 0.2) is 4.84 Å². The lowest BCUT2D eigenvalue weighted by Gasteiger charge is -2.31. The number of nitrogens with zero attached hydrogens (tertiary/aromatic N) is 1. The van der Waals surface area contributed by atoms with Gasteiger partial charge >= 0.3 is 0 Å². The highest BCUT2D eigenvalue weighted by Gasteiger charge is 2.38. The molecule has 104 valence electrons. The van der Waals surface area contributed by atoms with Gasteiger partial charge in [-0.15, -0.1) is 23.2 Å². The number of hydrogen-bond donors (Lipinski definition) is 0. The SMILES string of the molecule is CC1CC=CCC1C(=O)N(C)SC(Cl)(Cl)C(Cl)Cl. The lowest BCUT2D eigenvalue weighted by Crippen LogP contribution is -2.36. The zero-order chi connectivity index (χ0) is 13.9. The van der Waals surface area contributed by atoms with Gasteiger partial charge in [-0.25, -0.2) is 0 Å². The standard InChI is InChI=1S/C11H15Cl4NOS/c1-7-5-3-4-6-8(7)9(17)16(2)18-11(14,15)10(12)13/h3-4,7-8,10H,5-6H2,1-2H3. The molecule has 0 N–H and O–H groups in total. The third-order valence-electron chi connectivity index (χ3n) is 2.89. The fourth-order valence-electron chi connectivity index (χ4n) is 1.80. The van der Waals surface area contributed by atoms with Crippen molar-refractivity contribution in [3.05, 3.63) is 12.2 Å². The second kappa shape index (κ2) is 6.94. The zero-order valence-electron chi connectivity index (χ0n) is 10.1. The van der Waals surface area contributed by atoms with Crippen molar-refractivity contribution in [2.75, 3.05) is 7.05 Å². The van der Waals surface area contributed by atoms with E-state index in [1.54, 1.807) is 7.05 Å². The van der Waals surface area contributed by atoms with Crippen molar-refractivity contribution in [1.82, 2.24) is 4.31 Å². The van der Waals surface area contributed by atoms with Gasteiger partial charge in [0, 0.05) is 13.0 Å². The van der Waals surface area contributed by atoms with E-state index in [9.17, 15) is 4.79 Å². The van der Waals surface area contributed by atoms with Gasteiger partial charge in [0.1, 0.15) is 0 Å².